The van der Waals surface area contributed by atoms with Gasteiger partial charge in [-0.25, -0.2) is 14.4 Å². The molecule has 12 heteroatoms. The third-order valence-electron chi connectivity index (χ3n) is 7.94. The van der Waals surface area contributed by atoms with E-state index in [1.54, 1.807) is 55.4 Å². The third-order valence-corrected chi connectivity index (χ3v) is 7.94. The third kappa shape index (κ3) is 9.08. The highest BCUT2D eigenvalue weighted by Crippen LogP contribution is 2.57. The lowest BCUT2D eigenvalue weighted by atomic mass is 9.74. The first-order valence-corrected chi connectivity index (χ1v) is 16.7. The number of aryl methyl sites for hydroxylation is 1. The summed E-state index contributed by atoms with van der Waals surface area (Å²) in [5.74, 6) is -7.51. The number of carbonyl (C=O) groups is 3. The van der Waals surface area contributed by atoms with E-state index in [0.29, 0.717) is 0 Å². The topological polar surface area (TPSA) is 156 Å². The lowest BCUT2D eigenvalue weighted by molar-refractivity contribution is -0.387. The first kappa shape index (κ1) is 40.6. The highest BCUT2D eigenvalue weighted by molar-refractivity contribution is 5.99. The molecule has 2 N–H and O–H groups in total. The second kappa shape index (κ2) is 14.4. The molecular weight excluding hydrogens is 636 g/mol. The molecule has 12 nitrogen and oxygen atoms in total. The van der Waals surface area contributed by atoms with Crippen LogP contribution in [0.5, 0.6) is 0 Å². The zero-order valence-corrected chi connectivity index (χ0v) is 31.1. The Morgan fingerprint density at radius 3 is 1.88 bits per heavy atom. The van der Waals surface area contributed by atoms with Crippen molar-refractivity contribution in [3.05, 3.63) is 48.0 Å². The molecule has 1 aromatic carbocycles. The van der Waals surface area contributed by atoms with Gasteiger partial charge in [-0.15, -0.1) is 0 Å². The van der Waals surface area contributed by atoms with Gasteiger partial charge in [0.05, 0.1) is 0 Å². The Kier molecular flexibility index (Phi) is 11.9. The number of carbonyl (C=O) groups excluding carboxylic acids is 3. The van der Waals surface area contributed by atoms with Gasteiger partial charge in [-0.1, -0.05) is 42.5 Å². The van der Waals surface area contributed by atoms with Crippen molar-refractivity contribution in [1.29, 1.82) is 0 Å². The quantitative estimate of drug-likeness (QED) is 0.135. The first-order valence-electron chi connectivity index (χ1n) is 16.7. The Bertz CT molecular complexity index is 1350. The molecular formula is C37H56O12. The molecule has 0 amide bonds. The number of ether oxygens (including phenoxy) is 7. The van der Waals surface area contributed by atoms with Gasteiger partial charge in [0.25, 0.3) is 0 Å². The van der Waals surface area contributed by atoms with Gasteiger partial charge in [0.1, 0.15) is 29.0 Å². The Balaban J connectivity index is 2.23. The van der Waals surface area contributed by atoms with Crippen molar-refractivity contribution in [2.24, 2.45) is 0 Å². The average molecular weight is 693 g/mol. The normalized spacial score (nSPS) is 29.1. The molecule has 276 valence electrons. The molecule has 6 atom stereocenters. The number of fused-ring (bicyclic) bond motifs is 2. The van der Waals surface area contributed by atoms with Gasteiger partial charge >= 0.3 is 17.9 Å². The number of allylic oxidation sites excluding steroid dienone is 2. The summed E-state index contributed by atoms with van der Waals surface area (Å²) in [5.41, 5.74) is -8.69. The molecule has 0 aliphatic carbocycles. The Morgan fingerprint density at radius 1 is 0.816 bits per heavy atom. The Hall–Kier alpha value is -2.87. The minimum absolute atomic E-state index is 0.0927. The van der Waals surface area contributed by atoms with E-state index in [2.05, 4.69) is 0 Å². The van der Waals surface area contributed by atoms with E-state index in [0.717, 1.165) is 12.8 Å². The van der Waals surface area contributed by atoms with Crippen LogP contribution in [0, 0.1) is 0 Å². The van der Waals surface area contributed by atoms with E-state index < -0.39 is 75.8 Å². The summed E-state index contributed by atoms with van der Waals surface area (Å²) in [6.07, 6.45) is -0.463. The second-order valence-corrected chi connectivity index (χ2v) is 16.1. The minimum atomic E-state index is -3.32. The van der Waals surface area contributed by atoms with Crippen molar-refractivity contribution in [2.45, 2.75) is 160 Å². The predicted octanol–water partition coefficient (Wildman–Crippen LogP) is 4.70. The van der Waals surface area contributed by atoms with Crippen LogP contribution in [-0.2, 0) is 54.0 Å². The summed E-state index contributed by atoms with van der Waals surface area (Å²) in [5, 5.41) is 24.9. The van der Waals surface area contributed by atoms with Gasteiger partial charge < -0.3 is 43.4 Å². The van der Waals surface area contributed by atoms with E-state index in [4.69, 9.17) is 33.2 Å². The molecule has 0 unspecified atom stereocenters. The summed E-state index contributed by atoms with van der Waals surface area (Å²) < 4.78 is 41.5. The van der Waals surface area contributed by atoms with Crippen molar-refractivity contribution in [3.63, 3.8) is 0 Å². The number of aliphatic hydroxyl groups excluding tert-OH is 1. The van der Waals surface area contributed by atoms with Gasteiger partial charge in [0.2, 0.25) is 23.1 Å². The molecule has 1 aromatic rings. The SMILES string of the molecule is COC(C)(C)O[C@@H]1[C@@H](O)[C@]2(C(=O)OC(C)(C)C)O[C@@]1(CC/C=C/CCc1ccccc1)O[C@H](C(=O)OC(C)(C)C)[C@@]2(O)C(=O)OC(C)(C)C. The summed E-state index contributed by atoms with van der Waals surface area (Å²) >= 11 is 0. The highest BCUT2D eigenvalue weighted by Gasteiger charge is 2.86. The molecule has 2 fully saturated rings. The maximum absolute atomic E-state index is 14.4. The largest absolute Gasteiger partial charge is 0.458 e. The smallest absolute Gasteiger partial charge is 0.346 e. The summed E-state index contributed by atoms with van der Waals surface area (Å²) in [4.78, 5) is 42.7. The average Bonchev–Trinajstić information content (AvgIpc) is 3.16. The lowest BCUT2D eigenvalue weighted by Crippen LogP contribution is -2.79. The minimum Gasteiger partial charge on any atom is -0.458 e. The summed E-state index contributed by atoms with van der Waals surface area (Å²) in [7, 11) is 1.38. The number of hydrogen-bond donors (Lipinski definition) is 2. The Morgan fingerprint density at radius 2 is 1.35 bits per heavy atom. The number of esters is 3. The van der Waals surface area contributed by atoms with Crippen molar-refractivity contribution < 1.29 is 57.8 Å². The van der Waals surface area contributed by atoms with E-state index in [9.17, 15) is 24.6 Å². The van der Waals surface area contributed by atoms with E-state index in [1.807, 2.05) is 42.5 Å². The van der Waals surface area contributed by atoms with Crippen LogP contribution in [0.2, 0.25) is 0 Å². The molecule has 0 aromatic heterocycles. The van der Waals surface area contributed by atoms with E-state index in [1.165, 1.54) is 33.4 Å². The van der Waals surface area contributed by atoms with Crippen LogP contribution in [0.3, 0.4) is 0 Å². The monoisotopic (exact) mass is 692 g/mol. The zero-order valence-electron chi connectivity index (χ0n) is 31.1. The van der Waals surface area contributed by atoms with Crippen LogP contribution >= 0.6 is 0 Å². The summed E-state index contributed by atoms with van der Waals surface area (Å²) in [6, 6.07) is 9.97. The zero-order chi connectivity index (χ0) is 37.3. The second-order valence-electron chi connectivity index (χ2n) is 16.1. The lowest BCUT2D eigenvalue weighted by Gasteiger charge is -2.51. The number of aliphatic hydroxyl groups is 2. The molecule has 0 spiro atoms. The fourth-order valence-electron chi connectivity index (χ4n) is 5.75. The molecule has 2 bridgehead atoms. The van der Waals surface area contributed by atoms with Crippen molar-refractivity contribution in [3.8, 4) is 0 Å². The fourth-order valence-corrected chi connectivity index (χ4v) is 5.75. The van der Waals surface area contributed by atoms with E-state index in [-0.39, 0.29) is 12.8 Å². The number of benzene rings is 1. The van der Waals surface area contributed by atoms with Crippen LogP contribution in [0.25, 0.3) is 0 Å². The van der Waals surface area contributed by atoms with Gasteiger partial charge in [0.15, 0.2) is 5.79 Å². The van der Waals surface area contributed by atoms with Crippen LogP contribution in [0.15, 0.2) is 42.5 Å². The standard InChI is InChI=1S/C37H56O12/c1-31(2,3)46-28(39)27-36(42,29(40)47-32(4,5)6)37(30(41)48-33(7,8)9)25(38)26(44-34(10,11)43-12)35(45-27,49-37)23-19-14-13-16-20-24-21-17-15-18-22-24/h13-15,17-18,21-22,25-27,38,42H,16,19-20,23H2,1-12H3/b14-13+/t25-,26-,27-,35-,36-,37-/m1/s1. The summed E-state index contributed by atoms with van der Waals surface area (Å²) in [6.45, 7) is 17.2. The molecule has 2 aliphatic rings. The highest BCUT2D eigenvalue weighted by atomic mass is 16.8. The fraction of sp³-hybridized carbons (Fsp3) is 0.703. The molecule has 2 saturated heterocycles. The van der Waals surface area contributed by atoms with Gasteiger partial charge in [0, 0.05) is 13.5 Å². The van der Waals surface area contributed by atoms with Crippen LogP contribution in [-0.4, -0.2) is 93.1 Å². The van der Waals surface area contributed by atoms with Gasteiger partial charge in [-0.2, -0.15) is 0 Å². The Labute approximate surface area is 290 Å². The van der Waals surface area contributed by atoms with Gasteiger partial charge in [-0.3, -0.25) is 0 Å². The molecule has 3 rings (SSSR count). The van der Waals surface area contributed by atoms with Crippen molar-refractivity contribution in [1.82, 2.24) is 0 Å². The maximum atomic E-state index is 14.4. The number of hydrogen-bond acceptors (Lipinski definition) is 12. The molecule has 49 heavy (non-hydrogen) atoms. The van der Waals surface area contributed by atoms with E-state index >= 15 is 0 Å². The van der Waals surface area contributed by atoms with Gasteiger partial charge in [-0.05, 0) is 101 Å². The first-order chi connectivity index (χ1) is 22.3. The van der Waals surface area contributed by atoms with Crippen LogP contribution in [0.4, 0.5) is 0 Å². The number of rotatable bonds is 12. The van der Waals surface area contributed by atoms with Crippen molar-refractivity contribution >= 4 is 17.9 Å². The molecule has 0 radical (unpaired) electrons. The molecule has 2 aliphatic heterocycles. The molecule has 2 heterocycles. The number of methoxy groups -OCH3 is 1. The molecule has 0 saturated carbocycles. The van der Waals surface area contributed by atoms with Crippen molar-refractivity contribution in [2.75, 3.05) is 7.11 Å². The van der Waals surface area contributed by atoms with Crippen LogP contribution < -0.4 is 0 Å². The maximum Gasteiger partial charge on any atom is 0.346 e. The van der Waals surface area contributed by atoms with Crippen LogP contribution in [0.1, 0.15) is 101 Å². The predicted molar refractivity (Wildman–Crippen MR) is 179 cm³/mol.